The van der Waals surface area contributed by atoms with Crippen LogP contribution in [-0.2, 0) is 19.1 Å². The molecule has 0 aromatic heterocycles. The van der Waals surface area contributed by atoms with Gasteiger partial charge in [-0.05, 0) is 12.1 Å². The number of ether oxygens (including phenoxy) is 3. The van der Waals surface area contributed by atoms with Gasteiger partial charge in [0, 0.05) is 12.8 Å². The normalized spacial score (nSPS) is 10.8. The molecule has 0 fully saturated rings. The van der Waals surface area contributed by atoms with Crippen LogP contribution < -0.4 is 4.74 Å². The summed E-state index contributed by atoms with van der Waals surface area (Å²) in [4.78, 5) is 24.7. The Hall–Kier alpha value is -3.40. The minimum Gasteiger partial charge on any atom is -0.495 e. The maximum absolute atomic E-state index is 12.4. The Morgan fingerprint density at radius 3 is 2.26 bits per heavy atom. The van der Waals surface area contributed by atoms with Crippen molar-refractivity contribution >= 4 is 11.9 Å². The Labute approximate surface area is 158 Å². The molecule has 0 saturated carbocycles. The Balaban J connectivity index is 3.26. The molecule has 0 aliphatic heterocycles. The van der Waals surface area contributed by atoms with Gasteiger partial charge in [-0.3, -0.25) is 9.59 Å². The highest BCUT2D eigenvalue weighted by Gasteiger charge is 2.47. The van der Waals surface area contributed by atoms with E-state index in [1.165, 1.54) is 7.11 Å². The summed E-state index contributed by atoms with van der Waals surface area (Å²) < 4.78 is 14.7. The second-order valence-corrected chi connectivity index (χ2v) is 5.31. The number of terminal acetylenes is 1. The number of para-hydroxylation sites is 1. The SMILES string of the molecule is C#CC(O)C#CCC(CC#Cc1ccccc1OC)(C(=O)OC)C(=O)OC. The monoisotopic (exact) mass is 368 g/mol. The first kappa shape index (κ1) is 21.6. The Morgan fingerprint density at radius 2 is 1.70 bits per heavy atom. The van der Waals surface area contributed by atoms with Crippen LogP contribution in [0.1, 0.15) is 18.4 Å². The molecule has 1 aromatic carbocycles. The van der Waals surface area contributed by atoms with E-state index in [4.69, 9.17) is 20.6 Å². The Kier molecular flexibility index (Phi) is 8.46. The predicted molar refractivity (Wildman–Crippen MR) is 98.2 cm³/mol. The first-order valence-corrected chi connectivity index (χ1v) is 7.86. The molecule has 6 nitrogen and oxygen atoms in total. The fourth-order valence-electron chi connectivity index (χ4n) is 2.20. The summed E-state index contributed by atoms with van der Waals surface area (Å²) in [5.41, 5.74) is -1.17. The molecule has 6 heteroatoms. The van der Waals surface area contributed by atoms with Gasteiger partial charge >= 0.3 is 11.9 Å². The van der Waals surface area contributed by atoms with Gasteiger partial charge in [0.15, 0.2) is 11.5 Å². The van der Waals surface area contributed by atoms with Gasteiger partial charge in [-0.1, -0.05) is 41.7 Å². The standard InChI is InChI=1S/C21H20O6/c1-5-17(22)12-9-15-21(19(23)26-3,20(24)27-4)14-8-11-16-10-6-7-13-18(16)25-2/h1,6-7,10,13,17,22H,14-15H2,2-4H3. The molecule has 1 atom stereocenters. The quantitative estimate of drug-likeness (QED) is 0.477. The van der Waals surface area contributed by atoms with Gasteiger partial charge in [0.05, 0.1) is 26.9 Å². The number of aliphatic hydroxyl groups excluding tert-OH is 1. The Bertz CT molecular complexity index is 825. The van der Waals surface area contributed by atoms with Gasteiger partial charge in [-0.2, -0.15) is 0 Å². The molecule has 0 spiro atoms. The Morgan fingerprint density at radius 1 is 1.11 bits per heavy atom. The lowest BCUT2D eigenvalue weighted by Crippen LogP contribution is -2.41. The molecule has 1 aromatic rings. The fraction of sp³-hybridized carbons (Fsp3) is 0.333. The lowest BCUT2D eigenvalue weighted by atomic mass is 9.81. The average Bonchev–Trinajstić information content (AvgIpc) is 2.71. The van der Waals surface area contributed by atoms with Crippen LogP contribution in [0.5, 0.6) is 5.75 Å². The molecule has 140 valence electrons. The van der Waals surface area contributed by atoms with Gasteiger partial charge in [-0.15, -0.1) is 6.42 Å². The van der Waals surface area contributed by atoms with Crippen molar-refractivity contribution in [2.45, 2.75) is 18.9 Å². The van der Waals surface area contributed by atoms with Crippen LogP contribution in [0.3, 0.4) is 0 Å². The van der Waals surface area contributed by atoms with Gasteiger partial charge in [0.25, 0.3) is 0 Å². The highest BCUT2D eigenvalue weighted by atomic mass is 16.5. The van der Waals surface area contributed by atoms with Crippen LogP contribution in [0.2, 0.25) is 0 Å². The third kappa shape index (κ3) is 5.54. The minimum atomic E-state index is -1.76. The molecule has 0 aliphatic carbocycles. The average molecular weight is 368 g/mol. The van der Waals surface area contributed by atoms with Gasteiger partial charge in [0.2, 0.25) is 0 Å². The predicted octanol–water partition coefficient (Wildman–Crippen LogP) is 1.16. The number of hydrogen-bond donors (Lipinski definition) is 1. The lowest BCUT2D eigenvalue weighted by Gasteiger charge is -2.24. The molecule has 27 heavy (non-hydrogen) atoms. The van der Waals surface area contributed by atoms with E-state index in [-0.39, 0.29) is 12.8 Å². The number of carbonyl (C=O) groups is 2. The van der Waals surface area contributed by atoms with Crippen molar-refractivity contribution in [2.24, 2.45) is 5.41 Å². The summed E-state index contributed by atoms with van der Waals surface area (Å²) in [5, 5.41) is 9.34. The highest BCUT2D eigenvalue weighted by molar-refractivity contribution is 6.00. The number of hydrogen-bond acceptors (Lipinski definition) is 6. The van der Waals surface area contributed by atoms with Crippen molar-refractivity contribution in [2.75, 3.05) is 21.3 Å². The summed E-state index contributed by atoms with van der Waals surface area (Å²) in [6, 6.07) is 7.06. The minimum absolute atomic E-state index is 0.203. The highest BCUT2D eigenvalue weighted by Crippen LogP contribution is 2.30. The molecule has 0 amide bonds. The lowest BCUT2D eigenvalue weighted by molar-refractivity contribution is -0.168. The summed E-state index contributed by atoms with van der Waals surface area (Å²) in [6.07, 6.45) is 3.26. The van der Waals surface area contributed by atoms with Crippen LogP contribution >= 0.6 is 0 Å². The largest absolute Gasteiger partial charge is 0.495 e. The molecular weight excluding hydrogens is 348 g/mol. The van der Waals surface area contributed by atoms with Gasteiger partial charge in [0.1, 0.15) is 5.75 Å². The number of methoxy groups -OCH3 is 3. The van der Waals surface area contributed by atoms with E-state index in [0.717, 1.165) is 14.2 Å². The van der Waals surface area contributed by atoms with Crippen molar-refractivity contribution in [3.05, 3.63) is 29.8 Å². The van der Waals surface area contributed by atoms with Crippen LogP contribution in [-0.4, -0.2) is 44.5 Å². The van der Waals surface area contributed by atoms with E-state index in [0.29, 0.717) is 11.3 Å². The van der Waals surface area contributed by atoms with E-state index in [1.807, 2.05) is 5.92 Å². The van der Waals surface area contributed by atoms with Crippen LogP contribution in [0.15, 0.2) is 24.3 Å². The number of rotatable bonds is 5. The van der Waals surface area contributed by atoms with Crippen LogP contribution in [0.25, 0.3) is 0 Å². The topological polar surface area (TPSA) is 82.1 Å². The smallest absolute Gasteiger partial charge is 0.325 e. The number of aliphatic hydroxyl groups is 1. The zero-order chi connectivity index (χ0) is 20.3. The number of carbonyl (C=O) groups excluding carboxylic acids is 2. The van der Waals surface area contributed by atoms with E-state index in [1.54, 1.807) is 24.3 Å². The van der Waals surface area contributed by atoms with E-state index in [2.05, 4.69) is 23.7 Å². The zero-order valence-corrected chi connectivity index (χ0v) is 15.4. The maximum Gasteiger partial charge on any atom is 0.325 e. The summed E-state index contributed by atoms with van der Waals surface area (Å²) >= 11 is 0. The molecule has 1 N–H and O–H groups in total. The fourth-order valence-corrected chi connectivity index (χ4v) is 2.20. The van der Waals surface area contributed by atoms with Crippen molar-refractivity contribution in [3.63, 3.8) is 0 Å². The molecule has 1 rings (SSSR count). The summed E-state index contributed by atoms with van der Waals surface area (Å²) in [6.45, 7) is 0. The molecule has 0 aliphatic rings. The number of benzene rings is 1. The molecule has 1 unspecified atom stereocenters. The van der Waals surface area contributed by atoms with Gasteiger partial charge in [-0.25, -0.2) is 0 Å². The third-order valence-corrected chi connectivity index (χ3v) is 3.66. The van der Waals surface area contributed by atoms with Crippen molar-refractivity contribution in [1.29, 1.82) is 0 Å². The van der Waals surface area contributed by atoms with Crippen molar-refractivity contribution in [1.82, 2.24) is 0 Å². The van der Waals surface area contributed by atoms with E-state index in [9.17, 15) is 14.7 Å². The second kappa shape index (κ2) is 10.6. The van der Waals surface area contributed by atoms with E-state index >= 15 is 0 Å². The van der Waals surface area contributed by atoms with E-state index < -0.39 is 23.5 Å². The van der Waals surface area contributed by atoms with Crippen LogP contribution in [0.4, 0.5) is 0 Å². The maximum atomic E-state index is 12.4. The molecular formula is C21H20O6. The van der Waals surface area contributed by atoms with Crippen molar-refractivity contribution < 1.29 is 28.9 Å². The van der Waals surface area contributed by atoms with Crippen molar-refractivity contribution in [3.8, 4) is 41.8 Å². The molecule has 0 radical (unpaired) electrons. The summed E-state index contributed by atoms with van der Waals surface area (Å²) in [7, 11) is 3.81. The molecule has 0 saturated heterocycles. The second-order valence-electron chi connectivity index (χ2n) is 5.31. The first-order valence-electron chi connectivity index (χ1n) is 7.86. The third-order valence-electron chi connectivity index (χ3n) is 3.66. The van der Waals surface area contributed by atoms with Gasteiger partial charge < -0.3 is 19.3 Å². The zero-order valence-electron chi connectivity index (χ0n) is 15.4. The summed E-state index contributed by atoms with van der Waals surface area (Å²) in [5.74, 6) is 11.5. The number of esters is 2. The molecule has 0 heterocycles. The van der Waals surface area contributed by atoms with Crippen LogP contribution in [0, 0.1) is 41.4 Å². The molecule has 0 bridgehead atoms. The first-order chi connectivity index (χ1) is 12.9.